The van der Waals surface area contributed by atoms with E-state index >= 15 is 0 Å². The molecule has 0 aliphatic carbocycles. The molecular weight excluding hydrogens is 408 g/mol. The van der Waals surface area contributed by atoms with Crippen molar-refractivity contribution in [2.45, 2.75) is 59.6 Å². The summed E-state index contributed by atoms with van der Waals surface area (Å²) in [5, 5.41) is 0. The molecule has 1 heterocycles. The summed E-state index contributed by atoms with van der Waals surface area (Å²) in [7, 11) is 0. The highest BCUT2D eigenvalue weighted by Crippen LogP contribution is 2.28. The van der Waals surface area contributed by atoms with E-state index in [1.807, 2.05) is 30.3 Å². The van der Waals surface area contributed by atoms with E-state index < -0.39 is 0 Å². The molecule has 33 heavy (non-hydrogen) atoms. The Hall–Kier alpha value is -3.27. The first-order valence-corrected chi connectivity index (χ1v) is 11.8. The Morgan fingerprint density at radius 3 is 2.33 bits per heavy atom. The van der Waals surface area contributed by atoms with Crippen molar-refractivity contribution in [3.63, 3.8) is 0 Å². The van der Waals surface area contributed by atoms with Crippen molar-refractivity contribution in [3.8, 4) is 11.5 Å². The molecule has 3 aromatic carbocycles. The Kier molecular flexibility index (Phi) is 7.02. The maximum atomic E-state index is 6.27. The first-order valence-electron chi connectivity index (χ1n) is 11.8. The molecule has 0 amide bonds. The lowest BCUT2D eigenvalue weighted by atomic mass is 10.0. The van der Waals surface area contributed by atoms with E-state index in [-0.39, 0.29) is 0 Å². The Morgan fingerprint density at radius 1 is 0.848 bits per heavy atom. The van der Waals surface area contributed by atoms with Crippen molar-refractivity contribution >= 4 is 11.0 Å². The van der Waals surface area contributed by atoms with Crippen LogP contribution in [0.4, 0.5) is 0 Å². The van der Waals surface area contributed by atoms with Crippen molar-refractivity contribution in [1.82, 2.24) is 9.55 Å². The maximum absolute atomic E-state index is 6.27. The minimum Gasteiger partial charge on any atom is -0.491 e. The number of nitrogens with zero attached hydrogens (tertiary/aromatic N) is 2. The molecule has 4 aromatic rings. The van der Waals surface area contributed by atoms with Crippen LogP contribution in [0.15, 0.2) is 66.7 Å². The van der Waals surface area contributed by atoms with Crippen LogP contribution in [0, 0.1) is 6.92 Å². The predicted molar refractivity (Wildman–Crippen MR) is 135 cm³/mol. The number of rotatable bonds is 9. The topological polar surface area (TPSA) is 36.3 Å². The molecule has 1 aromatic heterocycles. The van der Waals surface area contributed by atoms with E-state index in [1.54, 1.807) is 0 Å². The highest BCUT2D eigenvalue weighted by molar-refractivity contribution is 5.75. The Labute approximate surface area is 197 Å². The smallest absolute Gasteiger partial charge is 0.148 e. The fraction of sp³-hybridized carbons (Fsp3) is 0.345. The Balaban J connectivity index is 1.50. The molecule has 4 heteroatoms. The predicted octanol–water partition coefficient (Wildman–Crippen LogP) is 7.25. The van der Waals surface area contributed by atoms with E-state index in [9.17, 15) is 0 Å². The zero-order chi connectivity index (χ0) is 23.4. The second-order valence-corrected chi connectivity index (χ2v) is 9.23. The van der Waals surface area contributed by atoms with Crippen LogP contribution in [-0.2, 0) is 13.2 Å². The van der Waals surface area contributed by atoms with Gasteiger partial charge >= 0.3 is 0 Å². The van der Waals surface area contributed by atoms with Gasteiger partial charge in [-0.25, -0.2) is 4.98 Å². The van der Waals surface area contributed by atoms with Crippen molar-refractivity contribution in [1.29, 1.82) is 0 Å². The fourth-order valence-corrected chi connectivity index (χ4v) is 4.07. The van der Waals surface area contributed by atoms with E-state index in [4.69, 9.17) is 14.5 Å². The van der Waals surface area contributed by atoms with Gasteiger partial charge in [0.1, 0.15) is 30.5 Å². The van der Waals surface area contributed by atoms with Gasteiger partial charge in [0.15, 0.2) is 0 Å². The number of aromatic nitrogens is 2. The summed E-state index contributed by atoms with van der Waals surface area (Å²) >= 11 is 0. The monoisotopic (exact) mass is 442 g/mol. The van der Waals surface area contributed by atoms with Gasteiger partial charge in [0.05, 0.1) is 17.6 Å². The Morgan fingerprint density at radius 2 is 1.61 bits per heavy atom. The number of hydrogen-bond acceptors (Lipinski definition) is 3. The van der Waals surface area contributed by atoms with Gasteiger partial charge in [0.25, 0.3) is 0 Å². The molecule has 0 radical (unpaired) electrons. The molecule has 0 fully saturated rings. The standard InChI is InChI=1S/C29H34N2O2/c1-20(2)23-11-13-24(14-12-23)33-19-29-30-26-8-6-7-9-27(26)31(29)16-17-32-28-18-22(5)10-15-25(28)21(3)4/h6-15,18,20-21H,16-17,19H2,1-5H3. The van der Waals surface area contributed by atoms with Gasteiger partial charge in [-0.1, -0.05) is 64.1 Å². The first kappa shape index (κ1) is 22.9. The van der Waals surface area contributed by atoms with Gasteiger partial charge < -0.3 is 14.0 Å². The third-order valence-corrected chi connectivity index (χ3v) is 6.01. The van der Waals surface area contributed by atoms with Crippen molar-refractivity contribution in [2.75, 3.05) is 6.61 Å². The van der Waals surface area contributed by atoms with Gasteiger partial charge in [-0.05, 0) is 65.8 Å². The van der Waals surface area contributed by atoms with Crippen LogP contribution in [0.1, 0.15) is 62.0 Å². The third-order valence-electron chi connectivity index (χ3n) is 6.01. The van der Waals surface area contributed by atoms with E-state index in [0.29, 0.717) is 31.6 Å². The number of benzene rings is 3. The van der Waals surface area contributed by atoms with Crippen LogP contribution in [0.3, 0.4) is 0 Å². The third kappa shape index (κ3) is 5.39. The van der Waals surface area contributed by atoms with Crippen LogP contribution < -0.4 is 9.47 Å². The van der Waals surface area contributed by atoms with Crippen LogP contribution >= 0.6 is 0 Å². The highest BCUT2D eigenvalue weighted by atomic mass is 16.5. The quantitative estimate of drug-likeness (QED) is 0.274. The lowest BCUT2D eigenvalue weighted by molar-refractivity contribution is 0.271. The second-order valence-electron chi connectivity index (χ2n) is 9.23. The molecule has 0 spiro atoms. The minimum atomic E-state index is 0.414. The van der Waals surface area contributed by atoms with E-state index in [0.717, 1.165) is 28.4 Å². The zero-order valence-electron chi connectivity index (χ0n) is 20.3. The molecule has 0 atom stereocenters. The average Bonchev–Trinajstić information content (AvgIpc) is 3.15. The normalized spacial score (nSPS) is 11.5. The van der Waals surface area contributed by atoms with Crippen molar-refractivity contribution in [2.24, 2.45) is 0 Å². The van der Waals surface area contributed by atoms with Crippen molar-refractivity contribution in [3.05, 3.63) is 89.2 Å². The summed E-state index contributed by atoms with van der Waals surface area (Å²) in [5.41, 5.74) is 5.83. The van der Waals surface area contributed by atoms with Crippen LogP contribution in [0.25, 0.3) is 11.0 Å². The molecule has 0 bridgehead atoms. The summed E-state index contributed by atoms with van der Waals surface area (Å²) in [6.45, 7) is 12.6. The summed E-state index contributed by atoms with van der Waals surface area (Å²) < 4.78 is 14.6. The van der Waals surface area contributed by atoms with Gasteiger partial charge in [0.2, 0.25) is 0 Å². The number of ether oxygens (including phenoxy) is 2. The summed E-state index contributed by atoms with van der Waals surface area (Å²) in [4.78, 5) is 4.84. The average molecular weight is 443 g/mol. The fourth-order valence-electron chi connectivity index (χ4n) is 4.07. The van der Waals surface area contributed by atoms with E-state index in [1.165, 1.54) is 16.7 Å². The Bertz CT molecular complexity index is 1210. The van der Waals surface area contributed by atoms with Crippen LogP contribution in [0.2, 0.25) is 0 Å². The second kappa shape index (κ2) is 10.1. The van der Waals surface area contributed by atoms with Gasteiger partial charge in [-0.3, -0.25) is 0 Å². The molecule has 0 unspecified atom stereocenters. The highest BCUT2D eigenvalue weighted by Gasteiger charge is 2.13. The molecule has 0 aliphatic heterocycles. The number of aryl methyl sites for hydroxylation is 1. The number of fused-ring (bicyclic) bond motifs is 1. The van der Waals surface area contributed by atoms with Gasteiger partial charge in [-0.2, -0.15) is 0 Å². The largest absolute Gasteiger partial charge is 0.491 e. The lowest BCUT2D eigenvalue weighted by Crippen LogP contribution is -2.13. The molecule has 0 N–H and O–H groups in total. The number of hydrogen-bond donors (Lipinski definition) is 0. The molecule has 0 aliphatic rings. The van der Waals surface area contributed by atoms with Crippen molar-refractivity contribution < 1.29 is 9.47 Å². The number of para-hydroxylation sites is 2. The minimum absolute atomic E-state index is 0.414. The molecular formula is C29H34N2O2. The zero-order valence-corrected chi connectivity index (χ0v) is 20.3. The maximum Gasteiger partial charge on any atom is 0.148 e. The van der Waals surface area contributed by atoms with Gasteiger partial charge in [0, 0.05) is 0 Å². The molecule has 172 valence electrons. The van der Waals surface area contributed by atoms with E-state index in [2.05, 4.69) is 75.6 Å². The SMILES string of the molecule is Cc1ccc(C(C)C)c(OCCn2c(COc3ccc(C(C)C)cc3)nc3ccccc32)c1. The summed E-state index contributed by atoms with van der Waals surface area (Å²) in [6.07, 6.45) is 0. The molecule has 4 nitrogen and oxygen atoms in total. The van der Waals surface area contributed by atoms with Crippen LogP contribution in [0.5, 0.6) is 11.5 Å². The molecule has 0 saturated carbocycles. The van der Waals surface area contributed by atoms with Crippen LogP contribution in [-0.4, -0.2) is 16.2 Å². The first-order chi connectivity index (χ1) is 15.9. The van der Waals surface area contributed by atoms with Gasteiger partial charge in [-0.15, -0.1) is 0 Å². The summed E-state index contributed by atoms with van der Waals surface area (Å²) in [5.74, 6) is 3.66. The molecule has 4 rings (SSSR count). The summed E-state index contributed by atoms with van der Waals surface area (Å²) in [6, 6.07) is 23.0. The lowest BCUT2D eigenvalue weighted by Gasteiger charge is -2.16. The number of imidazole rings is 1. The molecule has 0 saturated heterocycles.